The van der Waals surface area contributed by atoms with Crippen molar-refractivity contribution in [2.24, 2.45) is 12.0 Å². The van der Waals surface area contributed by atoms with Crippen molar-refractivity contribution in [2.75, 3.05) is 32.1 Å². The summed E-state index contributed by atoms with van der Waals surface area (Å²) in [5.41, 5.74) is 2.48. The third kappa shape index (κ3) is 6.57. The lowest BCUT2D eigenvalue weighted by Gasteiger charge is -2.24. The summed E-state index contributed by atoms with van der Waals surface area (Å²) in [6.45, 7) is 5.03. The molecule has 0 saturated heterocycles. The molecular weight excluding hydrogens is 386 g/mol. The molecule has 0 aliphatic carbocycles. The molecule has 0 bridgehead atoms. The maximum absolute atomic E-state index is 4.83. The summed E-state index contributed by atoms with van der Waals surface area (Å²) >= 11 is 0. The minimum absolute atomic E-state index is 0.489. The Labute approximate surface area is 185 Å². The van der Waals surface area contributed by atoms with Crippen molar-refractivity contribution in [3.8, 4) is 0 Å². The first-order valence-electron chi connectivity index (χ1n) is 10.7. The van der Waals surface area contributed by atoms with Crippen LogP contribution in [-0.4, -0.2) is 52.8 Å². The first-order chi connectivity index (χ1) is 15.0. The van der Waals surface area contributed by atoms with Gasteiger partial charge in [-0.15, -0.1) is 10.2 Å². The molecule has 0 radical (unpaired) electrons. The number of hydrogen-bond acceptors (Lipinski definition) is 4. The fraction of sp³-hybridized carbons (Fsp3) is 0.375. The smallest absolute Gasteiger partial charge is 0.194 e. The summed E-state index contributed by atoms with van der Waals surface area (Å²) in [5, 5.41) is 11.9. The lowest BCUT2D eigenvalue weighted by Crippen LogP contribution is -2.39. The molecular formula is C24H33N7. The van der Waals surface area contributed by atoms with Gasteiger partial charge < -0.3 is 19.7 Å². The van der Waals surface area contributed by atoms with Gasteiger partial charge in [-0.2, -0.15) is 0 Å². The molecule has 1 aromatic heterocycles. The maximum atomic E-state index is 4.83. The molecule has 0 aliphatic heterocycles. The number of nitrogens with one attached hydrogen (secondary N) is 1. The first kappa shape index (κ1) is 22.3. The van der Waals surface area contributed by atoms with Crippen molar-refractivity contribution in [2.45, 2.75) is 26.4 Å². The fourth-order valence-electron chi connectivity index (χ4n) is 3.31. The molecule has 2 aromatic carbocycles. The van der Waals surface area contributed by atoms with E-state index in [2.05, 4.69) is 87.9 Å². The monoisotopic (exact) mass is 419 g/mol. The molecule has 0 saturated carbocycles. The number of aryl methyl sites for hydroxylation is 1. The molecule has 31 heavy (non-hydrogen) atoms. The number of rotatable bonds is 9. The zero-order valence-corrected chi connectivity index (χ0v) is 19.0. The van der Waals surface area contributed by atoms with Crippen LogP contribution in [0.15, 0.2) is 65.7 Å². The van der Waals surface area contributed by atoms with Crippen LogP contribution >= 0.6 is 0 Å². The van der Waals surface area contributed by atoms with Gasteiger partial charge in [0.2, 0.25) is 0 Å². The van der Waals surface area contributed by atoms with Gasteiger partial charge in [0.15, 0.2) is 11.8 Å². The Morgan fingerprint density at radius 3 is 2.32 bits per heavy atom. The number of aromatic nitrogens is 3. The minimum Gasteiger partial charge on any atom is -0.375 e. The van der Waals surface area contributed by atoms with Gasteiger partial charge in [0.25, 0.3) is 0 Å². The van der Waals surface area contributed by atoms with Crippen LogP contribution in [0.2, 0.25) is 0 Å². The van der Waals surface area contributed by atoms with Crippen molar-refractivity contribution in [1.29, 1.82) is 0 Å². The van der Waals surface area contributed by atoms with E-state index in [-0.39, 0.29) is 0 Å². The van der Waals surface area contributed by atoms with Crippen LogP contribution in [0.3, 0.4) is 0 Å². The van der Waals surface area contributed by atoms with Crippen LogP contribution in [0.1, 0.15) is 23.6 Å². The molecule has 7 heteroatoms. The van der Waals surface area contributed by atoms with E-state index >= 15 is 0 Å². The molecule has 3 aromatic rings. The lowest BCUT2D eigenvalue weighted by atomic mass is 10.2. The van der Waals surface area contributed by atoms with E-state index in [0.29, 0.717) is 6.54 Å². The van der Waals surface area contributed by atoms with Crippen molar-refractivity contribution in [3.63, 3.8) is 0 Å². The second kappa shape index (κ2) is 11.2. The van der Waals surface area contributed by atoms with Crippen molar-refractivity contribution >= 4 is 11.6 Å². The molecule has 3 rings (SSSR count). The molecule has 7 nitrogen and oxygen atoms in total. The Hall–Kier alpha value is -3.35. The van der Waals surface area contributed by atoms with Gasteiger partial charge >= 0.3 is 0 Å². The largest absolute Gasteiger partial charge is 0.375 e. The predicted molar refractivity (Wildman–Crippen MR) is 127 cm³/mol. The number of hydrogen-bond donors (Lipinski definition) is 1. The van der Waals surface area contributed by atoms with Gasteiger partial charge in [0, 0.05) is 46.5 Å². The quantitative estimate of drug-likeness (QED) is 0.328. The average molecular weight is 420 g/mol. The van der Waals surface area contributed by atoms with Gasteiger partial charge in [-0.1, -0.05) is 48.5 Å². The van der Waals surface area contributed by atoms with Crippen molar-refractivity contribution < 1.29 is 0 Å². The maximum Gasteiger partial charge on any atom is 0.194 e. The zero-order chi connectivity index (χ0) is 22.1. The van der Waals surface area contributed by atoms with E-state index < -0.39 is 0 Å². The normalized spacial score (nSPS) is 11.4. The predicted octanol–water partition coefficient (Wildman–Crippen LogP) is 3.23. The van der Waals surface area contributed by atoms with Crippen LogP contribution < -0.4 is 10.2 Å². The number of guanidine groups is 1. The molecule has 0 aliphatic rings. The Bertz CT molecular complexity index is 951. The highest BCUT2D eigenvalue weighted by atomic mass is 15.3. The van der Waals surface area contributed by atoms with E-state index in [1.54, 1.807) is 0 Å². The van der Waals surface area contributed by atoms with Crippen molar-refractivity contribution in [1.82, 2.24) is 25.0 Å². The topological polar surface area (TPSA) is 61.6 Å². The van der Waals surface area contributed by atoms with Crippen LogP contribution in [0, 0.1) is 6.92 Å². The SMILES string of the molecule is Cc1nnc(CN=C(NCCCN(C)c2ccccc2)N(C)Cc2ccccc2)n1C. The zero-order valence-electron chi connectivity index (χ0n) is 19.0. The third-order valence-electron chi connectivity index (χ3n) is 5.33. The van der Waals surface area contributed by atoms with Gasteiger partial charge in [0.05, 0.1) is 0 Å². The molecule has 0 fully saturated rings. The highest BCUT2D eigenvalue weighted by Crippen LogP contribution is 2.11. The number of para-hydroxylation sites is 1. The fourth-order valence-corrected chi connectivity index (χ4v) is 3.31. The molecule has 1 heterocycles. The highest BCUT2D eigenvalue weighted by molar-refractivity contribution is 5.79. The van der Waals surface area contributed by atoms with Gasteiger partial charge in [-0.25, -0.2) is 4.99 Å². The van der Waals surface area contributed by atoms with Gasteiger partial charge in [-0.3, -0.25) is 0 Å². The first-order valence-corrected chi connectivity index (χ1v) is 10.7. The van der Waals surface area contributed by atoms with E-state index in [1.807, 2.05) is 30.7 Å². The number of nitrogens with zero attached hydrogens (tertiary/aromatic N) is 6. The Kier molecular flexibility index (Phi) is 8.04. The van der Waals surface area contributed by atoms with Crippen LogP contribution in [0.4, 0.5) is 5.69 Å². The summed E-state index contributed by atoms with van der Waals surface area (Å²) in [5.74, 6) is 2.61. The summed E-state index contributed by atoms with van der Waals surface area (Å²) in [6, 6.07) is 20.9. The molecule has 0 unspecified atom stereocenters. The Morgan fingerprint density at radius 1 is 1.00 bits per heavy atom. The standard InChI is InChI=1S/C24H33N7/c1-20-27-28-23(31(20)4)18-26-24(30(3)19-21-12-7-5-8-13-21)25-16-11-17-29(2)22-14-9-6-10-15-22/h5-10,12-15H,11,16-19H2,1-4H3,(H,25,26). The van der Waals surface area contributed by atoms with Gasteiger partial charge in [-0.05, 0) is 31.0 Å². The van der Waals surface area contributed by atoms with E-state index in [0.717, 1.165) is 43.7 Å². The van der Waals surface area contributed by atoms with Crippen LogP contribution in [-0.2, 0) is 20.1 Å². The number of anilines is 1. The molecule has 0 amide bonds. The van der Waals surface area contributed by atoms with Crippen LogP contribution in [0.5, 0.6) is 0 Å². The molecule has 1 N–H and O–H groups in total. The van der Waals surface area contributed by atoms with Crippen molar-refractivity contribution in [3.05, 3.63) is 77.9 Å². The molecule has 164 valence electrons. The summed E-state index contributed by atoms with van der Waals surface area (Å²) < 4.78 is 1.98. The average Bonchev–Trinajstić information content (AvgIpc) is 3.11. The summed E-state index contributed by atoms with van der Waals surface area (Å²) in [4.78, 5) is 9.26. The van der Waals surface area contributed by atoms with E-state index in [1.165, 1.54) is 11.3 Å². The molecule has 0 spiro atoms. The molecule has 0 atom stereocenters. The third-order valence-corrected chi connectivity index (χ3v) is 5.33. The second-order valence-electron chi connectivity index (χ2n) is 7.74. The van der Waals surface area contributed by atoms with E-state index in [4.69, 9.17) is 4.99 Å². The van der Waals surface area contributed by atoms with Gasteiger partial charge in [0.1, 0.15) is 12.4 Å². The highest BCUT2D eigenvalue weighted by Gasteiger charge is 2.10. The second-order valence-corrected chi connectivity index (χ2v) is 7.74. The van der Waals surface area contributed by atoms with Crippen LogP contribution in [0.25, 0.3) is 0 Å². The number of benzene rings is 2. The summed E-state index contributed by atoms with van der Waals surface area (Å²) in [6.07, 6.45) is 1.01. The Morgan fingerprint density at radius 2 is 1.68 bits per heavy atom. The summed E-state index contributed by atoms with van der Waals surface area (Å²) in [7, 11) is 6.17. The number of aliphatic imine (C=N–C) groups is 1. The minimum atomic E-state index is 0.489. The van der Waals surface area contributed by atoms with E-state index in [9.17, 15) is 0 Å². The Balaban J connectivity index is 1.60. The lowest BCUT2D eigenvalue weighted by molar-refractivity contribution is 0.473.